The number of nitrogens with two attached hydrogens (primary N) is 1. The van der Waals surface area contributed by atoms with E-state index in [0.717, 1.165) is 29.7 Å². The fourth-order valence-corrected chi connectivity index (χ4v) is 2.68. The molecule has 0 radical (unpaired) electrons. The van der Waals surface area contributed by atoms with E-state index >= 15 is 0 Å². The van der Waals surface area contributed by atoms with E-state index in [9.17, 15) is 10.2 Å². The van der Waals surface area contributed by atoms with Gasteiger partial charge in [-0.25, -0.2) is 0 Å². The maximum absolute atomic E-state index is 9.99. The van der Waals surface area contributed by atoms with Crippen LogP contribution in [-0.2, 0) is 6.42 Å². The average Bonchev–Trinajstić information content (AvgIpc) is 2.73. The number of hydrogen-bond acceptors (Lipinski definition) is 4. The van der Waals surface area contributed by atoms with Crippen molar-refractivity contribution in [3.05, 3.63) is 21.9 Å². The number of unbranched alkanes of at least 4 members (excludes halogenated alkanes) is 1. The summed E-state index contributed by atoms with van der Waals surface area (Å²) in [6, 6.07) is 2.04. The Morgan fingerprint density at radius 1 is 1.44 bits per heavy atom. The summed E-state index contributed by atoms with van der Waals surface area (Å²) >= 11 is 1.51. The zero-order chi connectivity index (χ0) is 12.0. The van der Waals surface area contributed by atoms with Crippen molar-refractivity contribution in [1.82, 2.24) is 0 Å². The van der Waals surface area contributed by atoms with Crippen molar-refractivity contribution in [3.8, 4) is 0 Å². The lowest BCUT2D eigenvalue weighted by Gasteiger charge is -2.17. The number of aryl methyl sites for hydroxylation is 1. The number of aliphatic hydroxyl groups excluding tert-OH is 2. The number of rotatable bonds is 7. The normalized spacial score (nSPS) is 15.0. The van der Waals surface area contributed by atoms with Crippen LogP contribution in [-0.4, -0.2) is 22.9 Å². The minimum Gasteiger partial charge on any atom is -0.390 e. The van der Waals surface area contributed by atoms with Gasteiger partial charge >= 0.3 is 0 Å². The van der Waals surface area contributed by atoms with Crippen molar-refractivity contribution < 1.29 is 10.2 Å². The Bertz CT molecular complexity index is 301. The molecule has 1 rings (SSSR count). The summed E-state index contributed by atoms with van der Waals surface area (Å²) in [4.78, 5) is 0.898. The van der Waals surface area contributed by atoms with Crippen LogP contribution in [0.3, 0.4) is 0 Å². The zero-order valence-corrected chi connectivity index (χ0v) is 10.5. The molecule has 4 N–H and O–H groups in total. The number of thiophene rings is 1. The third kappa shape index (κ3) is 3.56. The fourth-order valence-electron chi connectivity index (χ4n) is 1.68. The predicted molar refractivity (Wildman–Crippen MR) is 67.6 cm³/mol. The van der Waals surface area contributed by atoms with Crippen molar-refractivity contribution in [2.24, 2.45) is 5.73 Å². The Hall–Kier alpha value is -0.420. The molecule has 0 aliphatic carbocycles. The highest BCUT2D eigenvalue weighted by Gasteiger charge is 2.21. The average molecular weight is 243 g/mol. The van der Waals surface area contributed by atoms with Gasteiger partial charge in [-0.15, -0.1) is 11.3 Å². The highest BCUT2D eigenvalue weighted by atomic mass is 32.1. The van der Waals surface area contributed by atoms with E-state index in [-0.39, 0.29) is 0 Å². The molecular weight excluding hydrogens is 222 g/mol. The summed E-state index contributed by atoms with van der Waals surface area (Å²) in [5.41, 5.74) is 6.53. The van der Waals surface area contributed by atoms with E-state index in [1.54, 1.807) is 0 Å². The van der Waals surface area contributed by atoms with Crippen LogP contribution in [0, 0.1) is 0 Å². The summed E-state index contributed by atoms with van der Waals surface area (Å²) < 4.78 is 0. The van der Waals surface area contributed by atoms with Crippen molar-refractivity contribution in [1.29, 1.82) is 0 Å². The standard InChI is InChI=1S/C12H21NO2S/c1-2-3-4-9-6-8-16-12(9)11(15)10(14)5-7-13/h6,8,10-11,14-15H,2-5,7,13H2,1H3. The van der Waals surface area contributed by atoms with Gasteiger partial charge in [0.1, 0.15) is 6.10 Å². The number of hydrogen-bond donors (Lipinski definition) is 3. The second-order valence-electron chi connectivity index (χ2n) is 4.00. The molecule has 0 aliphatic heterocycles. The van der Waals surface area contributed by atoms with Gasteiger partial charge in [-0.3, -0.25) is 0 Å². The molecule has 1 aromatic rings. The van der Waals surface area contributed by atoms with Crippen molar-refractivity contribution in [2.45, 2.75) is 44.8 Å². The van der Waals surface area contributed by atoms with Gasteiger partial charge in [0.15, 0.2) is 0 Å². The lowest BCUT2D eigenvalue weighted by atomic mass is 10.0. The van der Waals surface area contributed by atoms with Gasteiger partial charge in [-0.2, -0.15) is 0 Å². The molecule has 92 valence electrons. The SMILES string of the molecule is CCCCc1ccsc1C(O)C(O)CCN. The highest BCUT2D eigenvalue weighted by Crippen LogP contribution is 2.28. The van der Waals surface area contributed by atoms with Crippen molar-refractivity contribution in [2.75, 3.05) is 6.54 Å². The van der Waals surface area contributed by atoms with E-state index in [1.165, 1.54) is 11.3 Å². The van der Waals surface area contributed by atoms with Gasteiger partial charge in [0.2, 0.25) is 0 Å². The van der Waals surface area contributed by atoms with E-state index in [1.807, 2.05) is 11.4 Å². The Balaban J connectivity index is 2.66. The van der Waals surface area contributed by atoms with Crippen LogP contribution >= 0.6 is 11.3 Å². The molecule has 0 saturated carbocycles. The molecule has 1 heterocycles. The van der Waals surface area contributed by atoms with Crippen LogP contribution in [0.2, 0.25) is 0 Å². The fraction of sp³-hybridized carbons (Fsp3) is 0.667. The monoisotopic (exact) mass is 243 g/mol. The molecule has 0 fully saturated rings. The molecule has 16 heavy (non-hydrogen) atoms. The Morgan fingerprint density at radius 2 is 2.19 bits per heavy atom. The second kappa shape index (κ2) is 7.01. The molecule has 0 aromatic carbocycles. The molecule has 1 aromatic heterocycles. The number of aliphatic hydroxyl groups is 2. The lowest BCUT2D eigenvalue weighted by Crippen LogP contribution is -2.21. The van der Waals surface area contributed by atoms with Gasteiger partial charge in [0.25, 0.3) is 0 Å². The molecular formula is C12H21NO2S. The predicted octanol–water partition coefficient (Wildman–Crippen LogP) is 1.83. The summed E-state index contributed by atoms with van der Waals surface area (Å²) in [6.07, 6.45) is 2.13. The molecule has 4 heteroatoms. The Morgan fingerprint density at radius 3 is 2.81 bits per heavy atom. The first-order valence-electron chi connectivity index (χ1n) is 5.83. The van der Waals surface area contributed by atoms with Crippen LogP contribution in [0.5, 0.6) is 0 Å². The van der Waals surface area contributed by atoms with Gasteiger partial charge in [0, 0.05) is 4.88 Å². The summed E-state index contributed by atoms with van der Waals surface area (Å²) in [7, 11) is 0. The molecule has 0 bridgehead atoms. The lowest BCUT2D eigenvalue weighted by molar-refractivity contribution is 0.0167. The minimum absolute atomic E-state index is 0.397. The first-order chi connectivity index (χ1) is 7.70. The second-order valence-corrected chi connectivity index (χ2v) is 4.95. The third-order valence-electron chi connectivity index (χ3n) is 2.68. The zero-order valence-electron chi connectivity index (χ0n) is 9.72. The summed E-state index contributed by atoms with van der Waals surface area (Å²) in [6.45, 7) is 2.54. The van der Waals surface area contributed by atoms with Crippen LogP contribution in [0.15, 0.2) is 11.4 Å². The molecule has 0 saturated heterocycles. The molecule has 2 unspecified atom stereocenters. The van der Waals surface area contributed by atoms with Crippen molar-refractivity contribution >= 4 is 11.3 Å². The van der Waals surface area contributed by atoms with Crippen LogP contribution < -0.4 is 5.73 Å². The molecule has 0 amide bonds. The Labute approximate surface area is 101 Å². The molecule has 2 atom stereocenters. The van der Waals surface area contributed by atoms with Crippen LogP contribution in [0.1, 0.15) is 42.7 Å². The quantitative estimate of drug-likeness (QED) is 0.684. The Kier molecular flexibility index (Phi) is 5.98. The van der Waals surface area contributed by atoms with E-state index in [0.29, 0.717) is 13.0 Å². The molecule has 0 spiro atoms. The maximum atomic E-state index is 9.99. The topological polar surface area (TPSA) is 66.5 Å². The van der Waals surface area contributed by atoms with Gasteiger partial charge in [-0.05, 0) is 42.8 Å². The summed E-state index contributed by atoms with van der Waals surface area (Å²) in [5.74, 6) is 0. The first-order valence-corrected chi connectivity index (χ1v) is 6.71. The van der Waals surface area contributed by atoms with Crippen LogP contribution in [0.4, 0.5) is 0 Å². The van der Waals surface area contributed by atoms with E-state index in [2.05, 4.69) is 6.92 Å². The smallest absolute Gasteiger partial charge is 0.114 e. The van der Waals surface area contributed by atoms with Gasteiger partial charge in [0.05, 0.1) is 6.10 Å². The summed E-state index contributed by atoms with van der Waals surface area (Å²) in [5, 5.41) is 21.7. The van der Waals surface area contributed by atoms with Crippen molar-refractivity contribution in [3.63, 3.8) is 0 Å². The molecule has 0 aliphatic rings. The van der Waals surface area contributed by atoms with Crippen LogP contribution in [0.25, 0.3) is 0 Å². The first kappa shape index (κ1) is 13.6. The largest absolute Gasteiger partial charge is 0.390 e. The van der Waals surface area contributed by atoms with E-state index in [4.69, 9.17) is 5.73 Å². The van der Waals surface area contributed by atoms with Gasteiger partial charge < -0.3 is 15.9 Å². The van der Waals surface area contributed by atoms with E-state index < -0.39 is 12.2 Å². The van der Waals surface area contributed by atoms with Gasteiger partial charge in [-0.1, -0.05) is 13.3 Å². The minimum atomic E-state index is -0.782. The maximum Gasteiger partial charge on any atom is 0.114 e. The molecule has 3 nitrogen and oxygen atoms in total. The highest BCUT2D eigenvalue weighted by molar-refractivity contribution is 7.10. The third-order valence-corrected chi connectivity index (χ3v) is 3.71.